The fourth-order valence-electron chi connectivity index (χ4n) is 1.55. The van der Waals surface area contributed by atoms with Crippen molar-refractivity contribution in [3.8, 4) is 0 Å². The second-order valence-corrected chi connectivity index (χ2v) is 3.94. The fourth-order valence-corrected chi connectivity index (χ4v) is 1.55. The van der Waals surface area contributed by atoms with Gasteiger partial charge in [0, 0.05) is 18.3 Å². The van der Waals surface area contributed by atoms with Crippen LogP contribution in [-0.2, 0) is 13.6 Å². The molecule has 0 fully saturated rings. The van der Waals surface area contributed by atoms with Crippen LogP contribution in [0.4, 0.5) is 5.82 Å². The number of aryl methyl sites for hydroxylation is 2. The molecule has 2 aromatic rings. The number of carbonyl (C=O) groups excluding carboxylic acids is 1. The summed E-state index contributed by atoms with van der Waals surface area (Å²) in [7, 11) is 1.77. The molecule has 7 heteroatoms. The second-order valence-electron chi connectivity index (χ2n) is 3.94. The smallest absolute Gasteiger partial charge is 0.251 e. The molecular weight excluding hydrogens is 232 g/mol. The molecule has 0 saturated heterocycles. The molecule has 3 N–H and O–H groups in total. The van der Waals surface area contributed by atoms with Gasteiger partial charge in [0.1, 0.15) is 12.1 Å². The summed E-state index contributed by atoms with van der Waals surface area (Å²) in [5, 5.41) is 6.79. The van der Waals surface area contributed by atoms with Gasteiger partial charge in [0.05, 0.1) is 6.54 Å². The van der Waals surface area contributed by atoms with Gasteiger partial charge in [-0.3, -0.25) is 9.48 Å². The average Bonchev–Trinajstić information content (AvgIpc) is 2.70. The van der Waals surface area contributed by atoms with Gasteiger partial charge >= 0.3 is 0 Å². The molecule has 0 unspecified atom stereocenters. The molecular formula is C11H14N6O. The first kappa shape index (κ1) is 12.0. The maximum absolute atomic E-state index is 11.9. The summed E-state index contributed by atoms with van der Waals surface area (Å²) in [5.74, 6) is 0.667. The molecule has 0 saturated carbocycles. The van der Waals surface area contributed by atoms with E-state index in [1.807, 2.05) is 0 Å². The topological polar surface area (TPSA) is 98.7 Å². The van der Waals surface area contributed by atoms with Crippen LogP contribution in [0.1, 0.15) is 21.9 Å². The van der Waals surface area contributed by atoms with Gasteiger partial charge in [-0.25, -0.2) is 9.97 Å². The van der Waals surface area contributed by atoms with E-state index in [2.05, 4.69) is 20.4 Å². The van der Waals surface area contributed by atoms with E-state index in [1.54, 1.807) is 31.0 Å². The maximum atomic E-state index is 11.9. The first-order chi connectivity index (χ1) is 8.54. The van der Waals surface area contributed by atoms with Gasteiger partial charge in [0.25, 0.3) is 5.91 Å². The number of anilines is 1. The van der Waals surface area contributed by atoms with Crippen LogP contribution in [-0.4, -0.2) is 25.7 Å². The summed E-state index contributed by atoms with van der Waals surface area (Å²) in [6, 6.07) is 3.21. The average molecular weight is 246 g/mol. The van der Waals surface area contributed by atoms with E-state index in [1.165, 1.54) is 6.07 Å². The number of pyridine rings is 1. The second kappa shape index (κ2) is 4.82. The third-order valence-corrected chi connectivity index (χ3v) is 2.29. The van der Waals surface area contributed by atoms with Gasteiger partial charge in [0.2, 0.25) is 0 Å². The molecule has 0 aromatic carbocycles. The molecule has 2 rings (SSSR count). The molecule has 94 valence electrons. The van der Waals surface area contributed by atoms with Crippen molar-refractivity contribution >= 4 is 11.7 Å². The summed E-state index contributed by atoms with van der Waals surface area (Å²) in [4.78, 5) is 19.9. The van der Waals surface area contributed by atoms with E-state index < -0.39 is 0 Å². The van der Waals surface area contributed by atoms with Crippen molar-refractivity contribution in [1.29, 1.82) is 0 Å². The molecule has 0 spiro atoms. The Morgan fingerprint density at radius 2 is 2.28 bits per heavy atom. The SMILES string of the molecule is Cc1cc(C(=O)NCc2ncn(C)n2)cc(N)n1. The van der Waals surface area contributed by atoms with Crippen molar-refractivity contribution in [3.63, 3.8) is 0 Å². The molecule has 2 heterocycles. The largest absolute Gasteiger partial charge is 0.384 e. The lowest BCUT2D eigenvalue weighted by Crippen LogP contribution is -2.24. The molecule has 0 aliphatic heterocycles. The Balaban J connectivity index is 2.03. The number of nitrogens with two attached hydrogens (primary N) is 1. The Morgan fingerprint density at radius 1 is 1.50 bits per heavy atom. The summed E-state index contributed by atoms with van der Waals surface area (Å²) < 4.78 is 1.58. The fraction of sp³-hybridized carbons (Fsp3) is 0.273. The minimum atomic E-state index is -0.223. The molecule has 1 amide bonds. The van der Waals surface area contributed by atoms with Crippen LogP contribution in [0.2, 0.25) is 0 Å². The minimum absolute atomic E-state index is 0.223. The monoisotopic (exact) mass is 246 g/mol. The van der Waals surface area contributed by atoms with E-state index in [9.17, 15) is 4.79 Å². The number of aromatic nitrogens is 4. The zero-order valence-electron chi connectivity index (χ0n) is 10.2. The number of nitrogens with one attached hydrogen (secondary N) is 1. The van der Waals surface area contributed by atoms with Gasteiger partial charge in [-0.15, -0.1) is 0 Å². The van der Waals surface area contributed by atoms with Crippen molar-refractivity contribution in [2.75, 3.05) is 5.73 Å². The lowest BCUT2D eigenvalue weighted by Gasteiger charge is -2.04. The lowest BCUT2D eigenvalue weighted by molar-refractivity contribution is 0.0949. The van der Waals surface area contributed by atoms with Crippen LogP contribution < -0.4 is 11.1 Å². The van der Waals surface area contributed by atoms with Crippen molar-refractivity contribution < 1.29 is 4.79 Å². The third kappa shape index (κ3) is 2.82. The van der Waals surface area contributed by atoms with E-state index >= 15 is 0 Å². The number of amides is 1. The number of carbonyl (C=O) groups is 1. The molecule has 0 atom stereocenters. The normalized spacial score (nSPS) is 10.3. The van der Waals surface area contributed by atoms with Crippen molar-refractivity contribution in [2.45, 2.75) is 13.5 Å². The standard InChI is InChI=1S/C11H14N6O/c1-7-3-8(4-9(12)15-7)11(18)13-5-10-14-6-17(2)16-10/h3-4,6H,5H2,1-2H3,(H2,12,15)(H,13,18). The van der Waals surface area contributed by atoms with Gasteiger partial charge in [0.15, 0.2) is 5.82 Å². The molecule has 0 aliphatic carbocycles. The van der Waals surface area contributed by atoms with Crippen molar-refractivity contribution in [3.05, 3.63) is 35.5 Å². The lowest BCUT2D eigenvalue weighted by atomic mass is 10.2. The number of nitrogen functional groups attached to an aromatic ring is 1. The van der Waals surface area contributed by atoms with Crippen LogP contribution in [0.3, 0.4) is 0 Å². The minimum Gasteiger partial charge on any atom is -0.384 e. The van der Waals surface area contributed by atoms with Crippen LogP contribution in [0.5, 0.6) is 0 Å². The number of hydrogen-bond donors (Lipinski definition) is 2. The Kier molecular flexibility index (Phi) is 3.22. The Labute approximate surface area is 104 Å². The predicted molar refractivity (Wildman–Crippen MR) is 65.6 cm³/mol. The highest BCUT2D eigenvalue weighted by molar-refractivity contribution is 5.94. The molecule has 18 heavy (non-hydrogen) atoms. The van der Waals surface area contributed by atoms with E-state index in [4.69, 9.17) is 5.73 Å². The van der Waals surface area contributed by atoms with Crippen LogP contribution in [0.25, 0.3) is 0 Å². The number of hydrogen-bond acceptors (Lipinski definition) is 5. The highest BCUT2D eigenvalue weighted by Gasteiger charge is 2.08. The predicted octanol–water partition coefficient (Wildman–Crippen LogP) is 0.0307. The zero-order chi connectivity index (χ0) is 13.1. The van der Waals surface area contributed by atoms with Crippen LogP contribution in [0, 0.1) is 6.92 Å². The Hall–Kier alpha value is -2.44. The quantitative estimate of drug-likeness (QED) is 0.796. The molecule has 0 radical (unpaired) electrons. The highest BCUT2D eigenvalue weighted by Crippen LogP contribution is 2.06. The van der Waals surface area contributed by atoms with Crippen LogP contribution >= 0.6 is 0 Å². The van der Waals surface area contributed by atoms with Gasteiger partial charge in [-0.05, 0) is 19.1 Å². The maximum Gasteiger partial charge on any atom is 0.251 e. The van der Waals surface area contributed by atoms with E-state index in [-0.39, 0.29) is 12.5 Å². The summed E-state index contributed by atoms with van der Waals surface area (Å²) in [6.45, 7) is 2.06. The molecule has 0 aliphatic rings. The summed E-state index contributed by atoms with van der Waals surface area (Å²) in [5.41, 5.74) is 6.78. The Bertz CT molecular complexity index is 556. The highest BCUT2D eigenvalue weighted by atomic mass is 16.1. The number of nitrogens with zero attached hydrogens (tertiary/aromatic N) is 4. The van der Waals surface area contributed by atoms with Crippen LogP contribution in [0.15, 0.2) is 18.5 Å². The zero-order valence-corrected chi connectivity index (χ0v) is 10.2. The van der Waals surface area contributed by atoms with Gasteiger partial charge < -0.3 is 11.1 Å². The molecule has 0 bridgehead atoms. The van der Waals surface area contributed by atoms with Crippen molar-refractivity contribution in [1.82, 2.24) is 25.1 Å². The molecule has 2 aromatic heterocycles. The first-order valence-electron chi connectivity index (χ1n) is 5.41. The van der Waals surface area contributed by atoms with E-state index in [0.717, 1.165) is 0 Å². The summed E-state index contributed by atoms with van der Waals surface area (Å²) >= 11 is 0. The number of rotatable bonds is 3. The van der Waals surface area contributed by atoms with E-state index in [0.29, 0.717) is 22.9 Å². The first-order valence-corrected chi connectivity index (χ1v) is 5.41. The van der Waals surface area contributed by atoms with Gasteiger partial charge in [-0.1, -0.05) is 0 Å². The molecule has 7 nitrogen and oxygen atoms in total. The summed E-state index contributed by atoms with van der Waals surface area (Å²) in [6.07, 6.45) is 1.58. The third-order valence-electron chi connectivity index (χ3n) is 2.29. The Morgan fingerprint density at radius 3 is 2.89 bits per heavy atom. The van der Waals surface area contributed by atoms with Crippen molar-refractivity contribution in [2.24, 2.45) is 7.05 Å². The van der Waals surface area contributed by atoms with Gasteiger partial charge in [-0.2, -0.15) is 5.10 Å².